The van der Waals surface area contributed by atoms with Crippen LogP contribution in [0.3, 0.4) is 0 Å². The van der Waals surface area contributed by atoms with Crippen molar-refractivity contribution in [1.82, 2.24) is 9.97 Å². The van der Waals surface area contributed by atoms with Crippen LogP contribution in [0.15, 0.2) is 54.7 Å². The van der Waals surface area contributed by atoms with Gasteiger partial charge in [0.15, 0.2) is 11.5 Å². The molecule has 0 fully saturated rings. The lowest BCUT2D eigenvalue weighted by atomic mass is 10.1. The Hall–Kier alpha value is -3.74. The zero-order chi connectivity index (χ0) is 19.4. The Kier molecular flexibility index (Phi) is 5.12. The molecule has 0 saturated carbocycles. The summed E-state index contributed by atoms with van der Waals surface area (Å²) in [4.78, 5) is 32.5. The lowest BCUT2D eigenvalue weighted by molar-refractivity contribution is 0.0600. The number of nitrogens with zero attached hydrogens (tertiary/aromatic N) is 2. The number of ether oxygens (including phenoxy) is 1. The van der Waals surface area contributed by atoms with E-state index in [-0.39, 0.29) is 11.5 Å². The van der Waals surface area contributed by atoms with Crippen molar-refractivity contribution in [1.29, 1.82) is 0 Å². The van der Waals surface area contributed by atoms with Crippen molar-refractivity contribution in [3.63, 3.8) is 0 Å². The highest BCUT2D eigenvalue weighted by atomic mass is 16.5. The number of nitrogens with two attached hydrogens (primary N) is 1. The number of aromatic nitrogens is 2. The molecule has 3 aromatic rings. The zero-order valence-corrected chi connectivity index (χ0v) is 14.9. The lowest BCUT2D eigenvalue weighted by Crippen LogP contribution is -2.17. The average Bonchev–Trinajstić information content (AvgIpc) is 2.69. The molecule has 0 spiro atoms. The van der Waals surface area contributed by atoms with E-state index in [1.165, 1.54) is 13.3 Å². The number of nitrogen functional groups attached to an aromatic ring is 1. The van der Waals surface area contributed by atoms with Crippen LogP contribution in [-0.2, 0) is 4.74 Å². The minimum atomic E-state index is -0.486. The number of aryl methyl sites for hydroxylation is 1. The van der Waals surface area contributed by atoms with Crippen LogP contribution in [0, 0.1) is 6.92 Å². The number of methoxy groups -OCH3 is 1. The number of amides is 1. The number of carbonyl (C=O) groups excluding carboxylic acids is 2. The SMILES string of the molecule is COC(=O)c1ccc(NC(=O)c2nc(-c3ccc(C)cc3)cnc2N)cc1. The van der Waals surface area contributed by atoms with Gasteiger partial charge in [0.1, 0.15) is 0 Å². The monoisotopic (exact) mass is 362 g/mol. The van der Waals surface area contributed by atoms with Gasteiger partial charge in [0, 0.05) is 11.3 Å². The van der Waals surface area contributed by atoms with Gasteiger partial charge < -0.3 is 15.8 Å². The molecule has 0 saturated heterocycles. The Morgan fingerprint density at radius 2 is 1.70 bits per heavy atom. The summed E-state index contributed by atoms with van der Waals surface area (Å²) in [5.74, 6) is -0.900. The van der Waals surface area contributed by atoms with Crippen LogP contribution in [0.25, 0.3) is 11.3 Å². The van der Waals surface area contributed by atoms with Crippen LogP contribution in [-0.4, -0.2) is 29.0 Å². The third kappa shape index (κ3) is 4.09. The van der Waals surface area contributed by atoms with E-state index < -0.39 is 11.9 Å². The van der Waals surface area contributed by atoms with Crippen LogP contribution < -0.4 is 11.1 Å². The molecule has 1 amide bonds. The quantitative estimate of drug-likeness (QED) is 0.691. The first-order chi connectivity index (χ1) is 13.0. The number of hydrogen-bond donors (Lipinski definition) is 2. The van der Waals surface area contributed by atoms with Crippen molar-refractivity contribution in [2.45, 2.75) is 6.92 Å². The van der Waals surface area contributed by atoms with E-state index in [2.05, 4.69) is 20.0 Å². The Morgan fingerprint density at radius 3 is 2.33 bits per heavy atom. The van der Waals surface area contributed by atoms with Gasteiger partial charge in [-0.05, 0) is 31.2 Å². The Morgan fingerprint density at radius 1 is 1.04 bits per heavy atom. The number of carbonyl (C=O) groups is 2. The van der Waals surface area contributed by atoms with E-state index in [1.807, 2.05) is 31.2 Å². The number of esters is 1. The molecule has 0 radical (unpaired) electrons. The standard InChI is InChI=1S/C20H18N4O3/c1-12-3-5-13(6-4-12)16-11-22-18(21)17(24-16)19(25)23-15-9-7-14(8-10-15)20(26)27-2/h3-11H,1-2H3,(H2,21,22)(H,23,25). The van der Waals surface area contributed by atoms with Gasteiger partial charge in [-0.1, -0.05) is 29.8 Å². The van der Waals surface area contributed by atoms with E-state index in [1.54, 1.807) is 24.3 Å². The Labute approximate surface area is 156 Å². The molecule has 1 aromatic heterocycles. The highest BCUT2D eigenvalue weighted by Gasteiger charge is 2.15. The minimum absolute atomic E-state index is 0.0325. The molecule has 136 valence electrons. The number of rotatable bonds is 4. The van der Waals surface area contributed by atoms with Crippen LogP contribution >= 0.6 is 0 Å². The summed E-state index contributed by atoms with van der Waals surface area (Å²) in [5, 5.41) is 2.70. The molecular weight excluding hydrogens is 344 g/mol. The number of hydrogen-bond acceptors (Lipinski definition) is 6. The molecule has 0 aliphatic carbocycles. The summed E-state index contributed by atoms with van der Waals surface area (Å²) < 4.78 is 4.64. The number of anilines is 2. The van der Waals surface area contributed by atoms with Gasteiger partial charge in [0.2, 0.25) is 0 Å². The predicted molar refractivity (Wildman–Crippen MR) is 102 cm³/mol. The molecule has 0 bridgehead atoms. The summed E-state index contributed by atoms with van der Waals surface area (Å²) >= 11 is 0. The molecule has 1 heterocycles. The average molecular weight is 362 g/mol. The van der Waals surface area contributed by atoms with Gasteiger partial charge >= 0.3 is 5.97 Å². The van der Waals surface area contributed by atoms with Gasteiger partial charge in [-0.25, -0.2) is 14.8 Å². The maximum atomic E-state index is 12.6. The van der Waals surface area contributed by atoms with Gasteiger partial charge in [0.05, 0.1) is 24.6 Å². The number of nitrogens with one attached hydrogen (secondary N) is 1. The predicted octanol–water partition coefficient (Wildman–Crippen LogP) is 3.07. The van der Waals surface area contributed by atoms with Gasteiger partial charge in [0.25, 0.3) is 5.91 Å². The van der Waals surface area contributed by atoms with Crippen molar-refractivity contribution in [2.75, 3.05) is 18.2 Å². The molecular formula is C20H18N4O3. The molecule has 3 N–H and O–H groups in total. The molecule has 0 atom stereocenters. The van der Waals surface area contributed by atoms with Gasteiger partial charge in [-0.3, -0.25) is 4.79 Å². The number of benzene rings is 2. The van der Waals surface area contributed by atoms with E-state index in [0.29, 0.717) is 16.9 Å². The second kappa shape index (κ2) is 7.65. The van der Waals surface area contributed by atoms with Crippen LogP contribution in [0.1, 0.15) is 26.4 Å². The summed E-state index contributed by atoms with van der Waals surface area (Å²) in [7, 11) is 1.31. The van der Waals surface area contributed by atoms with E-state index >= 15 is 0 Å². The molecule has 27 heavy (non-hydrogen) atoms. The molecule has 2 aromatic carbocycles. The zero-order valence-electron chi connectivity index (χ0n) is 14.9. The summed E-state index contributed by atoms with van der Waals surface area (Å²) in [6.45, 7) is 1.99. The third-order valence-electron chi connectivity index (χ3n) is 3.93. The molecule has 3 rings (SSSR count). The van der Waals surface area contributed by atoms with Crippen molar-refractivity contribution < 1.29 is 14.3 Å². The Bertz CT molecular complexity index is 983. The second-order valence-corrected chi connectivity index (χ2v) is 5.88. The van der Waals surface area contributed by atoms with Gasteiger partial charge in [-0.2, -0.15) is 0 Å². The van der Waals surface area contributed by atoms with Crippen molar-refractivity contribution >= 4 is 23.4 Å². The van der Waals surface area contributed by atoms with Crippen molar-refractivity contribution in [2.24, 2.45) is 0 Å². The molecule has 0 aliphatic rings. The van der Waals surface area contributed by atoms with Crippen molar-refractivity contribution in [3.05, 3.63) is 71.5 Å². The van der Waals surface area contributed by atoms with Crippen LogP contribution in [0.4, 0.5) is 11.5 Å². The second-order valence-electron chi connectivity index (χ2n) is 5.88. The summed E-state index contributed by atoms with van der Waals surface area (Å²) in [6, 6.07) is 14.0. The lowest BCUT2D eigenvalue weighted by Gasteiger charge is -2.09. The fourth-order valence-corrected chi connectivity index (χ4v) is 2.43. The van der Waals surface area contributed by atoms with Crippen molar-refractivity contribution in [3.8, 4) is 11.3 Å². The molecule has 7 nitrogen and oxygen atoms in total. The van der Waals surface area contributed by atoms with E-state index in [9.17, 15) is 9.59 Å². The summed E-state index contributed by atoms with van der Waals surface area (Å²) in [6.07, 6.45) is 1.53. The summed E-state index contributed by atoms with van der Waals surface area (Å²) in [5.41, 5.74) is 9.26. The first kappa shape index (κ1) is 18.1. The fraction of sp³-hybridized carbons (Fsp3) is 0.100. The third-order valence-corrected chi connectivity index (χ3v) is 3.93. The highest BCUT2D eigenvalue weighted by Crippen LogP contribution is 2.20. The smallest absolute Gasteiger partial charge is 0.337 e. The maximum absolute atomic E-state index is 12.6. The first-order valence-electron chi connectivity index (χ1n) is 8.17. The van der Waals surface area contributed by atoms with Crippen LogP contribution in [0.2, 0.25) is 0 Å². The van der Waals surface area contributed by atoms with E-state index in [4.69, 9.17) is 5.73 Å². The fourth-order valence-electron chi connectivity index (χ4n) is 2.43. The molecule has 0 aliphatic heterocycles. The topological polar surface area (TPSA) is 107 Å². The Balaban J connectivity index is 1.83. The molecule has 0 unspecified atom stereocenters. The highest BCUT2D eigenvalue weighted by molar-refractivity contribution is 6.06. The van der Waals surface area contributed by atoms with Gasteiger partial charge in [-0.15, -0.1) is 0 Å². The maximum Gasteiger partial charge on any atom is 0.337 e. The normalized spacial score (nSPS) is 10.3. The van der Waals surface area contributed by atoms with Crippen LogP contribution in [0.5, 0.6) is 0 Å². The largest absolute Gasteiger partial charge is 0.465 e. The minimum Gasteiger partial charge on any atom is -0.465 e. The molecule has 7 heteroatoms. The first-order valence-corrected chi connectivity index (χ1v) is 8.17. The van der Waals surface area contributed by atoms with E-state index in [0.717, 1.165) is 11.1 Å².